The Morgan fingerprint density at radius 2 is 2.00 bits per heavy atom. The van der Waals surface area contributed by atoms with Gasteiger partial charge in [0.15, 0.2) is 0 Å². The summed E-state index contributed by atoms with van der Waals surface area (Å²) in [7, 11) is 0. The predicted molar refractivity (Wildman–Crippen MR) is 91.2 cm³/mol. The highest BCUT2D eigenvalue weighted by atomic mass is 16.6. The highest BCUT2D eigenvalue weighted by molar-refractivity contribution is 5.98. The summed E-state index contributed by atoms with van der Waals surface area (Å²) < 4.78 is 1.61. The molecule has 26 heavy (non-hydrogen) atoms. The number of hydrogen-bond acceptors (Lipinski definition) is 5. The van der Waals surface area contributed by atoms with Crippen LogP contribution in [0.2, 0.25) is 0 Å². The van der Waals surface area contributed by atoms with Crippen LogP contribution in [0.15, 0.2) is 30.6 Å². The number of carbonyl (C=O) groups excluding carboxylic acids is 1. The van der Waals surface area contributed by atoms with Crippen LogP contribution >= 0.6 is 0 Å². The molecule has 3 rings (SSSR count). The highest BCUT2D eigenvalue weighted by Crippen LogP contribution is 2.26. The number of amides is 1. The van der Waals surface area contributed by atoms with Gasteiger partial charge in [0.25, 0.3) is 11.6 Å². The number of aryl methyl sites for hydroxylation is 1. The maximum atomic E-state index is 12.7. The molecule has 9 nitrogen and oxygen atoms in total. The summed E-state index contributed by atoms with van der Waals surface area (Å²) in [5.74, 6) is -1.39. The number of carbonyl (C=O) groups is 2. The van der Waals surface area contributed by atoms with Gasteiger partial charge in [0.1, 0.15) is 5.56 Å². The average Bonchev–Trinajstić information content (AvgIpc) is 3.11. The number of rotatable bonds is 4. The Bertz CT molecular complexity index is 868. The number of nitro benzene ring substituents is 1. The fraction of sp³-hybridized carbons (Fsp3) is 0.353. The summed E-state index contributed by atoms with van der Waals surface area (Å²) in [6.07, 6.45) is 3.99. The first-order valence-electron chi connectivity index (χ1n) is 8.18. The van der Waals surface area contributed by atoms with Crippen molar-refractivity contribution < 1.29 is 19.6 Å². The topological polar surface area (TPSA) is 119 Å². The second-order valence-electron chi connectivity index (χ2n) is 6.32. The van der Waals surface area contributed by atoms with E-state index in [1.807, 2.05) is 0 Å². The van der Waals surface area contributed by atoms with Gasteiger partial charge in [0.2, 0.25) is 0 Å². The zero-order valence-corrected chi connectivity index (χ0v) is 14.2. The van der Waals surface area contributed by atoms with Crippen molar-refractivity contribution in [3.63, 3.8) is 0 Å². The van der Waals surface area contributed by atoms with Crippen LogP contribution < -0.4 is 0 Å². The molecule has 0 unspecified atom stereocenters. The van der Waals surface area contributed by atoms with E-state index >= 15 is 0 Å². The van der Waals surface area contributed by atoms with Crippen molar-refractivity contribution in [3.8, 4) is 0 Å². The standard InChI is InChI=1S/C17H18N4O5/c1-11-2-3-15(21(25)26)14(8-11)16(22)19-6-4-13(5-7-19)20-10-12(9-18-20)17(23)24/h2-3,8-10,13H,4-7H2,1H3,(H,23,24). The first-order chi connectivity index (χ1) is 12.4. The first-order valence-corrected chi connectivity index (χ1v) is 8.18. The van der Waals surface area contributed by atoms with E-state index in [0.717, 1.165) is 5.56 Å². The highest BCUT2D eigenvalue weighted by Gasteiger charge is 2.29. The van der Waals surface area contributed by atoms with E-state index in [2.05, 4.69) is 5.10 Å². The SMILES string of the molecule is Cc1ccc([N+](=O)[O-])c(C(=O)N2CCC(n3cc(C(=O)O)cn3)CC2)c1. The lowest BCUT2D eigenvalue weighted by molar-refractivity contribution is -0.385. The summed E-state index contributed by atoms with van der Waals surface area (Å²) in [4.78, 5) is 35.9. The molecule has 2 aromatic rings. The van der Waals surface area contributed by atoms with Gasteiger partial charge in [-0.15, -0.1) is 0 Å². The number of nitro groups is 1. The number of aromatic nitrogens is 2. The molecular formula is C17H18N4O5. The van der Waals surface area contributed by atoms with Gasteiger partial charge < -0.3 is 10.0 Å². The Morgan fingerprint density at radius 1 is 1.31 bits per heavy atom. The Hall–Kier alpha value is -3.23. The number of hydrogen-bond donors (Lipinski definition) is 1. The second-order valence-corrected chi connectivity index (χ2v) is 6.32. The molecule has 1 aromatic heterocycles. The Labute approximate surface area is 149 Å². The zero-order chi connectivity index (χ0) is 18.8. The van der Waals surface area contributed by atoms with Gasteiger partial charge in [0, 0.05) is 25.4 Å². The first kappa shape index (κ1) is 17.6. The number of aromatic carboxylic acids is 1. The van der Waals surface area contributed by atoms with Crippen molar-refractivity contribution in [1.29, 1.82) is 0 Å². The van der Waals surface area contributed by atoms with Gasteiger partial charge in [0.05, 0.1) is 22.7 Å². The van der Waals surface area contributed by atoms with Crippen molar-refractivity contribution in [2.45, 2.75) is 25.8 Å². The fourth-order valence-corrected chi connectivity index (χ4v) is 3.13. The summed E-state index contributed by atoms with van der Waals surface area (Å²) in [5.41, 5.74) is 0.812. The smallest absolute Gasteiger partial charge is 0.338 e. The van der Waals surface area contributed by atoms with Crippen molar-refractivity contribution in [3.05, 3.63) is 57.4 Å². The van der Waals surface area contributed by atoms with Gasteiger partial charge in [-0.2, -0.15) is 5.10 Å². The molecule has 1 saturated heterocycles. The van der Waals surface area contributed by atoms with Crippen LogP contribution in [0.1, 0.15) is 45.2 Å². The maximum absolute atomic E-state index is 12.7. The normalized spacial score (nSPS) is 15.0. The van der Waals surface area contributed by atoms with Crippen molar-refractivity contribution >= 4 is 17.6 Å². The number of carboxylic acid groups (broad SMARTS) is 1. The molecule has 0 bridgehead atoms. The van der Waals surface area contributed by atoms with Crippen LogP contribution in [-0.4, -0.2) is 49.7 Å². The van der Waals surface area contributed by atoms with E-state index in [-0.39, 0.29) is 28.8 Å². The van der Waals surface area contributed by atoms with Crippen LogP contribution in [0, 0.1) is 17.0 Å². The Morgan fingerprint density at radius 3 is 2.58 bits per heavy atom. The molecule has 136 valence electrons. The summed E-state index contributed by atoms with van der Waals surface area (Å²) >= 11 is 0. The predicted octanol–water partition coefficient (Wildman–Crippen LogP) is 2.28. The molecule has 1 amide bonds. The monoisotopic (exact) mass is 358 g/mol. The minimum atomic E-state index is -1.03. The summed E-state index contributed by atoms with van der Waals surface area (Å²) in [6, 6.07) is 4.50. The van der Waals surface area contributed by atoms with Gasteiger partial charge in [-0.1, -0.05) is 6.07 Å². The van der Waals surface area contributed by atoms with E-state index in [4.69, 9.17) is 5.11 Å². The molecule has 1 N–H and O–H groups in total. The van der Waals surface area contributed by atoms with Crippen LogP contribution in [0.3, 0.4) is 0 Å². The third kappa shape index (κ3) is 3.41. The zero-order valence-electron chi connectivity index (χ0n) is 14.2. The third-order valence-corrected chi connectivity index (χ3v) is 4.55. The lowest BCUT2D eigenvalue weighted by atomic mass is 10.0. The lowest BCUT2D eigenvalue weighted by Crippen LogP contribution is -2.39. The molecule has 0 radical (unpaired) electrons. The summed E-state index contributed by atoms with van der Waals surface area (Å²) in [6.45, 7) is 2.64. The number of benzene rings is 1. The van der Waals surface area contributed by atoms with Gasteiger partial charge in [-0.05, 0) is 31.4 Å². The largest absolute Gasteiger partial charge is 0.478 e. The molecule has 1 aliphatic heterocycles. The minimum Gasteiger partial charge on any atom is -0.478 e. The molecule has 0 spiro atoms. The summed E-state index contributed by atoms with van der Waals surface area (Å²) in [5, 5.41) is 24.2. The molecule has 0 atom stereocenters. The van der Waals surface area contributed by atoms with Crippen LogP contribution in [0.25, 0.3) is 0 Å². The molecule has 2 heterocycles. The van der Waals surface area contributed by atoms with Gasteiger partial charge >= 0.3 is 5.97 Å². The van der Waals surface area contributed by atoms with Crippen molar-refractivity contribution in [2.75, 3.05) is 13.1 Å². The van der Waals surface area contributed by atoms with Crippen molar-refractivity contribution in [2.24, 2.45) is 0 Å². The molecule has 0 saturated carbocycles. The van der Waals surface area contributed by atoms with Gasteiger partial charge in [-0.3, -0.25) is 19.6 Å². The third-order valence-electron chi connectivity index (χ3n) is 4.55. The molecule has 1 fully saturated rings. The van der Waals surface area contributed by atoms with E-state index in [1.165, 1.54) is 18.5 Å². The lowest BCUT2D eigenvalue weighted by Gasteiger charge is -2.32. The molecule has 9 heteroatoms. The molecular weight excluding hydrogens is 340 g/mol. The maximum Gasteiger partial charge on any atom is 0.338 e. The molecule has 1 aromatic carbocycles. The number of likely N-dealkylation sites (tertiary alicyclic amines) is 1. The Balaban J connectivity index is 1.72. The van der Waals surface area contributed by atoms with Crippen LogP contribution in [-0.2, 0) is 0 Å². The minimum absolute atomic E-state index is 0.000328. The number of nitrogens with zero attached hydrogens (tertiary/aromatic N) is 4. The van der Waals surface area contributed by atoms with Crippen LogP contribution in [0.5, 0.6) is 0 Å². The average molecular weight is 358 g/mol. The number of carboxylic acids is 1. The quantitative estimate of drug-likeness (QED) is 0.661. The molecule has 1 aliphatic rings. The van der Waals surface area contributed by atoms with Gasteiger partial charge in [-0.25, -0.2) is 4.79 Å². The van der Waals surface area contributed by atoms with Crippen molar-refractivity contribution in [1.82, 2.24) is 14.7 Å². The van der Waals surface area contributed by atoms with E-state index in [1.54, 1.807) is 28.6 Å². The van der Waals surface area contributed by atoms with E-state index < -0.39 is 10.9 Å². The second kappa shape index (κ2) is 6.95. The number of piperidine rings is 1. The van der Waals surface area contributed by atoms with Crippen LogP contribution in [0.4, 0.5) is 5.69 Å². The Kier molecular flexibility index (Phi) is 4.70. The van der Waals surface area contributed by atoms with E-state index in [0.29, 0.717) is 25.9 Å². The fourth-order valence-electron chi connectivity index (χ4n) is 3.13. The molecule has 0 aliphatic carbocycles. The van der Waals surface area contributed by atoms with E-state index in [9.17, 15) is 19.7 Å².